The van der Waals surface area contributed by atoms with Gasteiger partial charge in [0.25, 0.3) is 0 Å². The highest BCUT2D eigenvalue weighted by molar-refractivity contribution is 5.87. The van der Waals surface area contributed by atoms with E-state index in [4.69, 9.17) is 9.15 Å². The molecule has 0 unspecified atom stereocenters. The van der Waals surface area contributed by atoms with Crippen molar-refractivity contribution in [3.63, 3.8) is 0 Å². The first-order valence-electron chi connectivity index (χ1n) is 6.62. The standard InChI is InChI=1S/C15H16O6/c1-7-3-9(17)13-11(20-7)5-10-8(14(13)18)4-12(21-10)15(2,19)6-16/h3,5,12,16,18-19H,4,6H2,1-2H3/t12-,15+/m1/s1. The monoisotopic (exact) mass is 292 g/mol. The Bertz CT molecular complexity index is 774. The number of rotatable bonds is 2. The molecular formula is C15H16O6. The fraction of sp³-hybridized carbons (Fsp3) is 0.400. The maximum atomic E-state index is 12.0. The van der Waals surface area contributed by atoms with Crippen LogP contribution in [0.1, 0.15) is 18.2 Å². The quantitative estimate of drug-likeness (QED) is 0.759. The van der Waals surface area contributed by atoms with Crippen molar-refractivity contribution in [1.82, 2.24) is 0 Å². The molecule has 1 aromatic carbocycles. The Labute approximate surface area is 120 Å². The number of aliphatic hydroxyl groups is 2. The van der Waals surface area contributed by atoms with Gasteiger partial charge in [-0.25, -0.2) is 0 Å². The van der Waals surface area contributed by atoms with E-state index in [1.165, 1.54) is 19.1 Å². The third kappa shape index (κ3) is 2.07. The Kier molecular flexibility index (Phi) is 2.96. The lowest BCUT2D eigenvalue weighted by Gasteiger charge is -2.26. The molecule has 6 heteroatoms. The van der Waals surface area contributed by atoms with E-state index in [0.717, 1.165) is 0 Å². The normalized spacial score (nSPS) is 20.1. The van der Waals surface area contributed by atoms with Gasteiger partial charge in [0.15, 0.2) is 5.43 Å². The van der Waals surface area contributed by atoms with E-state index in [-0.39, 0.29) is 28.6 Å². The van der Waals surface area contributed by atoms with Gasteiger partial charge >= 0.3 is 0 Å². The molecule has 0 bridgehead atoms. The molecule has 2 heterocycles. The molecule has 0 saturated carbocycles. The number of hydrogen-bond acceptors (Lipinski definition) is 6. The van der Waals surface area contributed by atoms with Crippen molar-refractivity contribution in [3.05, 3.63) is 33.7 Å². The van der Waals surface area contributed by atoms with Crippen LogP contribution >= 0.6 is 0 Å². The number of hydrogen-bond donors (Lipinski definition) is 3. The lowest BCUT2D eigenvalue weighted by atomic mass is 9.95. The van der Waals surface area contributed by atoms with Crippen molar-refractivity contribution in [1.29, 1.82) is 0 Å². The summed E-state index contributed by atoms with van der Waals surface area (Å²) >= 11 is 0. The van der Waals surface area contributed by atoms with E-state index in [2.05, 4.69) is 0 Å². The Hall–Kier alpha value is -2.05. The van der Waals surface area contributed by atoms with E-state index in [1.807, 2.05) is 0 Å². The second kappa shape index (κ2) is 4.47. The van der Waals surface area contributed by atoms with Crippen molar-refractivity contribution in [3.8, 4) is 11.5 Å². The van der Waals surface area contributed by atoms with Crippen molar-refractivity contribution in [2.75, 3.05) is 6.61 Å². The molecule has 112 valence electrons. The van der Waals surface area contributed by atoms with Crippen molar-refractivity contribution in [2.24, 2.45) is 0 Å². The first-order chi connectivity index (χ1) is 9.83. The minimum Gasteiger partial charge on any atom is -0.507 e. The molecule has 2 atom stereocenters. The zero-order chi connectivity index (χ0) is 15.4. The predicted octanol–water partition coefficient (Wildman–Crippen LogP) is 0.854. The SMILES string of the molecule is Cc1cc(=O)c2c(O)c3c(cc2o1)O[C@@H]([C@@](C)(O)CO)C3. The fourth-order valence-corrected chi connectivity index (χ4v) is 2.57. The largest absolute Gasteiger partial charge is 0.507 e. The third-order valence-electron chi connectivity index (χ3n) is 3.85. The second-order valence-corrected chi connectivity index (χ2v) is 5.62. The van der Waals surface area contributed by atoms with Gasteiger partial charge < -0.3 is 24.5 Å². The summed E-state index contributed by atoms with van der Waals surface area (Å²) in [6.45, 7) is 2.63. The van der Waals surface area contributed by atoms with Crippen LogP contribution < -0.4 is 10.2 Å². The van der Waals surface area contributed by atoms with Gasteiger partial charge in [-0.2, -0.15) is 0 Å². The summed E-state index contributed by atoms with van der Waals surface area (Å²) in [6.07, 6.45) is -0.491. The molecule has 0 aliphatic carbocycles. The molecule has 1 aliphatic rings. The maximum Gasteiger partial charge on any atom is 0.196 e. The van der Waals surface area contributed by atoms with Gasteiger partial charge in [-0.3, -0.25) is 4.79 Å². The number of aliphatic hydroxyl groups excluding tert-OH is 1. The molecule has 0 amide bonds. The highest BCUT2D eigenvalue weighted by Crippen LogP contribution is 2.42. The fourth-order valence-electron chi connectivity index (χ4n) is 2.57. The molecule has 3 N–H and O–H groups in total. The molecule has 0 saturated heterocycles. The van der Waals surface area contributed by atoms with E-state index < -0.39 is 18.3 Å². The van der Waals surface area contributed by atoms with Crippen molar-refractivity contribution >= 4 is 11.0 Å². The van der Waals surface area contributed by atoms with Crippen LogP contribution in [0.4, 0.5) is 0 Å². The Morgan fingerprint density at radius 2 is 2.14 bits per heavy atom. The number of fused-ring (bicyclic) bond motifs is 2. The van der Waals surface area contributed by atoms with E-state index in [9.17, 15) is 20.1 Å². The number of aryl methyl sites for hydroxylation is 1. The molecular weight excluding hydrogens is 276 g/mol. The average molecular weight is 292 g/mol. The summed E-state index contributed by atoms with van der Waals surface area (Å²) in [5.41, 5.74) is -1.09. The minimum absolute atomic E-state index is 0.104. The van der Waals surface area contributed by atoms with Crippen LogP contribution in [0.15, 0.2) is 21.3 Å². The minimum atomic E-state index is -1.44. The Balaban J connectivity index is 2.18. The molecule has 3 rings (SSSR count). The van der Waals surface area contributed by atoms with Crippen LogP contribution in [0.25, 0.3) is 11.0 Å². The second-order valence-electron chi connectivity index (χ2n) is 5.62. The Morgan fingerprint density at radius 1 is 1.43 bits per heavy atom. The van der Waals surface area contributed by atoms with Crippen molar-refractivity contribution in [2.45, 2.75) is 32.0 Å². The summed E-state index contributed by atoms with van der Waals surface area (Å²) in [6, 6.07) is 2.85. The van der Waals surface area contributed by atoms with Gasteiger partial charge in [0, 0.05) is 24.1 Å². The molecule has 0 radical (unpaired) electrons. The van der Waals surface area contributed by atoms with E-state index in [0.29, 0.717) is 17.1 Å². The molecule has 1 aromatic heterocycles. The maximum absolute atomic E-state index is 12.0. The van der Waals surface area contributed by atoms with Crippen molar-refractivity contribution < 1.29 is 24.5 Å². The molecule has 21 heavy (non-hydrogen) atoms. The van der Waals surface area contributed by atoms with Gasteiger partial charge in [0.2, 0.25) is 0 Å². The van der Waals surface area contributed by atoms with Crippen LogP contribution in [-0.4, -0.2) is 33.6 Å². The summed E-state index contributed by atoms with van der Waals surface area (Å²) in [4.78, 5) is 12.0. The number of benzene rings is 1. The highest BCUT2D eigenvalue weighted by atomic mass is 16.5. The summed E-state index contributed by atoms with van der Waals surface area (Å²) in [5, 5.41) is 29.7. The smallest absolute Gasteiger partial charge is 0.196 e. The van der Waals surface area contributed by atoms with E-state index >= 15 is 0 Å². The van der Waals surface area contributed by atoms with E-state index in [1.54, 1.807) is 6.92 Å². The lowest BCUT2D eigenvalue weighted by Crippen LogP contribution is -2.45. The third-order valence-corrected chi connectivity index (χ3v) is 3.85. The van der Waals surface area contributed by atoms with Crippen LogP contribution in [0.3, 0.4) is 0 Å². The van der Waals surface area contributed by atoms with Crippen LogP contribution in [0.2, 0.25) is 0 Å². The topological polar surface area (TPSA) is 100 Å². The van der Waals surface area contributed by atoms with Gasteiger partial charge in [0.1, 0.15) is 39.9 Å². The molecule has 6 nitrogen and oxygen atoms in total. The average Bonchev–Trinajstić information content (AvgIpc) is 2.83. The number of ether oxygens (including phenoxy) is 1. The van der Waals surface area contributed by atoms with Crippen LogP contribution in [0, 0.1) is 6.92 Å². The van der Waals surface area contributed by atoms with Gasteiger partial charge in [-0.05, 0) is 13.8 Å². The molecule has 1 aliphatic heterocycles. The van der Waals surface area contributed by atoms with Gasteiger partial charge in [-0.1, -0.05) is 0 Å². The summed E-state index contributed by atoms with van der Waals surface area (Å²) < 4.78 is 11.0. The number of phenols is 1. The van der Waals surface area contributed by atoms with Crippen LogP contribution in [-0.2, 0) is 6.42 Å². The first kappa shape index (κ1) is 13.9. The highest BCUT2D eigenvalue weighted by Gasteiger charge is 2.40. The van der Waals surface area contributed by atoms with Gasteiger partial charge in [-0.15, -0.1) is 0 Å². The predicted molar refractivity (Wildman–Crippen MR) is 74.7 cm³/mol. The zero-order valence-corrected chi connectivity index (χ0v) is 11.7. The lowest BCUT2D eigenvalue weighted by molar-refractivity contribution is -0.0729. The molecule has 0 spiro atoms. The number of aromatic hydroxyl groups is 1. The van der Waals surface area contributed by atoms with Crippen LogP contribution in [0.5, 0.6) is 11.5 Å². The molecule has 0 fully saturated rings. The Morgan fingerprint density at radius 3 is 2.81 bits per heavy atom. The zero-order valence-electron chi connectivity index (χ0n) is 11.7. The summed E-state index contributed by atoms with van der Waals surface area (Å²) in [5.74, 6) is 0.601. The summed E-state index contributed by atoms with van der Waals surface area (Å²) in [7, 11) is 0. The van der Waals surface area contributed by atoms with Gasteiger partial charge in [0.05, 0.1) is 6.61 Å². The molecule has 2 aromatic rings. The number of phenolic OH excluding ortho intramolecular Hbond substituents is 1. The first-order valence-corrected chi connectivity index (χ1v) is 6.62.